The first kappa shape index (κ1) is 12.7. The number of aryl methyl sites for hydroxylation is 1. The number of carboxylic acid groups (broad SMARTS) is 1. The van der Waals surface area contributed by atoms with Crippen molar-refractivity contribution in [3.8, 4) is 0 Å². The number of pyridine rings is 1. The average molecular weight is 266 g/mol. The van der Waals surface area contributed by atoms with Gasteiger partial charge >= 0.3 is 5.97 Å². The highest BCUT2D eigenvalue weighted by atomic mass is 32.2. The SMILES string of the molecule is CSCCNc1c(C(=O)O)cnc2c1cnn2C. The van der Waals surface area contributed by atoms with Crippen LogP contribution in [-0.4, -0.2) is 44.4 Å². The van der Waals surface area contributed by atoms with Crippen LogP contribution in [0.5, 0.6) is 0 Å². The molecule has 0 fully saturated rings. The van der Waals surface area contributed by atoms with Gasteiger partial charge in [-0.1, -0.05) is 0 Å². The van der Waals surface area contributed by atoms with Crippen molar-refractivity contribution >= 4 is 34.5 Å². The number of nitrogens with one attached hydrogen (secondary N) is 1. The molecule has 18 heavy (non-hydrogen) atoms. The summed E-state index contributed by atoms with van der Waals surface area (Å²) in [4.78, 5) is 15.3. The van der Waals surface area contributed by atoms with Crippen LogP contribution >= 0.6 is 11.8 Å². The summed E-state index contributed by atoms with van der Waals surface area (Å²) in [7, 11) is 1.78. The maximum Gasteiger partial charge on any atom is 0.339 e. The van der Waals surface area contributed by atoms with Gasteiger partial charge in [0, 0.05) is 25.5 Å². The van der Waals surface area contributed by atoms with Crippen LogP contribution in [0.2, 0.25) is 0 Å². The first-order valence-corrected chi connectivity index (χ1v) is 6.81. The first-order valence-electron chi connectivity index (χ1n) is 5.42. The number of hydrogen-bond acceptors (Lipinski definition) is 5. The second kappa shape index (κ2) is 5.26. The number of nitrogens with zero attached hydrogens (tertiary/aromatic N) is 3. The zero-order chi connectivity index (χ0) is 13.1. The van der Waals surface area contributed by atoms with Gasteiger partial charge in [0.25, 0.3) is 0 Å². The largest absolute Gasteiger partial charge is 0.478 e. The lowest BCUT2D eigenvalue weighted by atomic mass is 10.2. The fourth-order valence-electron chi connectivity index (χ4n) is 1.73. The molecule has 96 valence electrons. The molecule has 2 aromatic heterocycles. The molecule has 0 radical (unpaired) electrons. The number of rotatable bonds is 5. The maximum absolute atomic E-state index is 11.2. The molecule has 0 spiro atoms. The molecule has 0 atom stereocenters. The molecule has 0 saturated carbocycles. The number of aromatic carboxylic acids is 1. The van der Waals surface area contributed by atoms with Crippen molar-refractivity contribution in [2.24, 2.45) is 7.05 Å². The molecule has 6 nitrogen and oxygen atoms in total. The number of carboxylic acids is 1. The molecule has 0 aliphatic heterocycles. The molecule has 0 aromatic carbocycles. The van der Waals surface area contributed by atoms with E-state index in [9.17, 15) is 9.90 Å². The Morgan fingerprint density at radius 1 is 1.56 bits per heavy atom. The van der Waals surface area contributed by atoms with Gasteiger partial charge < -0.3 is 10.4 Å². The zero-order valence-corrected chi connectivity index (χ0v) is 11.0. The van der Waals surface area contributed by atoms with Gasteiger partial charge in [0.1, 0.15) is 5.56 Å². The molecule has 2 rings (SSSR count). The van der Waals surface area contributed by atoms with Crippen LogP contribution in [0, 0.1) is 0 Å². The van der Waals surface area contributed by atoms with Crippen LogP contribution in [-0.2, 0) is 7.05 Å². The normalized spacial score (nSPS) is 10.8. The minimum atomic E-state index is -0.986. The van der Waals surface area contributed by atoms with E-state index in [-0.39, 0.29) is 5.56 Å². The molecule has 2 N–H and O–H groups in total. The number of thioether (sulfide) groups is 1. The Balaban J connectivity index is 2.48. The van der Waals surface area contributed by atoms with E-state index in [1.165, 1.54) is 6.20 Å². The minimum absolute atomic E-state index is 0.177. The van der Waals surface area contributed by atoms with E-state index in [2.05, 4.69) is 15.4 Å². The fraction of sp³-hybridized carbons (Fsp3) is 0.364. The molecular weight excluding hydrogens is 252 g/mol. The minimum Gasteiger partial charge on any atom is -0.478 e. The Morgan fingerprint density at radius 3 is 3.00 bits per heavy atom. The number of aromatic nitrogens is 3. The highest BCUT2D eigenvalue weighted by molar-refractivity contribution is 7.98. The molecule has 0 saturated heterocycles. The Kier molecular flexibility index (Phi) is 3.71. The van der Waals surface area contributed by atoms with Crippen molar-refractivity contribution in [2.45, 2.75) is 0 Å². The van der Waals surface area contributed by atoms with Crippen LogP contribution in [0.4, 0.5) is 5.69 Å². The second-order valence-corrected chi connectivity index (χ2v) is 4.76. The summed E-state index contributed by atoms with van der Waals surface area (Å²) in [6.45, 7) is 0.704. The van der Waals surface area contributed by atoms with Crippen molar-refractivity contribution < 1.29 is 9.90 Å². The maximum atomic E-state index is 11.2. The Bertz CT molecular complexity index is 582. The van der Waals surface area contributed by atoms with Crippen molar-refractivity contribution in [1.82, 2.24) is 14.8 Å². The fourth-order valence-corrected chi connectivity index (χ4v) is 2.03. The van der Waals surface area contributed by atoms with Crippen LogP contribution < -0.4 is 5.32 Å². The Morgan fingerprint density at radius 2 is 2.33 bits per heavy atom. The molecule has 7 heteroatoms. The summed E-state index contributed by atoms with van der Waals surface area (Å²) < 4.78 is 1.63. The smallest absolute Gasteiger partial charge is 0.339 e. The van der Waals surface area contributed by atoms with E-state index >= 15 is 0 Å². The van der Waals surface area contributed by atoms with Crippen LogP contribution in [0.3, 0.4) is 0 Å². The van der Waals surface area contributed by atoms with E-state index in [1.807, 2.05) is 6.26 Å². The number of fused-ring (bicyclic) bond motifs is 1. The molecule has 0 aliphatic carbocycles. The molecular formula is C11H14N4O2S. The lowest BCUT2D eigenvalue weighted by Gasteiger charge is -2.09. The molecule has 0 aliphatic rings. The van der Waals surface area contributed by atoms with Gasteiger partial charge in [-0.15, -0.1) is 0 Å². The first-order chi connectivity index (χ1) is 8.65. The van der Waals surface area contributed by atoms with Crippen molar-refractivity contribution in [3.05, 3.63) is 18.0 Å². The van der Waals surface area contributed by atoms with Crippen molar-refractivity contribution in [1.29, 1.82) is 0 Å². The molecule has 2 aromatic rings. The summed E-state index contributed by atoms with van der Waals surface area (Å²) in [5, 5.41) is 17.2. The van der Waals surface area contributed by atoms with Gasteiger partial charge in [-0.3, -0.25) is 4.68 Å². The van der Waals surface area contributed by atoms with Gasteiger partial charge in [-0.2, -0.15) is 16.9 Å². The predicted molar refractivity (Wildman–Crippen MR) is 72.3 cm³/mol. The third kappa shape index (κ3) is 2.26. The summed E-state index contributed by atoms with van der Waals surface area (Å²) >= 11 is 1.70. The van der Waals surface area contributed by atoms with Gasteiger partial charge in [0.2, 0.25) is 0 Å². The van der Waals surface area contributed by atoms with Crippen molar-refractivity contribution in [2.75, 3.05) is 23.9 Å². The van der Waals surface area contributed by atoms with Gasteiger partial charge in [0.05, 0.1) is 17.3 Å². The predicted octanol–water partition coefficient (Wildman–Crippen LogP) is 1.44. The van der Waals surface area contributed by atoms with Crippen LogP contribution in [0.1, 0.15) is 10.4 Å². The molecule has 0 amide bonds. The third-order valence-electron chi connectivity index (χ3n) is 2.60. The molecule has 0 bridgehead atoms. The van der Waals surface area contributed by atoms with E-state index in [4.69, 9.17) is 0 Å². The van der Waals surface area contributed by atoms with Gasteiger partial charge in [-0.25, -0.2) is 9.78 Å². The lowest BCUT2D eigenvalue weighted by Crippen LogP contribution is -2.10. The topological polar surface area (TPSA) is 80.0 Å². The summed E-state index contributed by atoms with van der Waals surface area (Å²) in [6.07, 6.45) is 5.01. The second-order valence-electron chi connectivity index (χ2n) is 3.78. The summed E-state index contributed by atoms with van der Waals surface area (Å²) in [6, 6.07) is 0. The number of carbonyl (C=O) groups is 1. The van der Waals surface area contributed by atoms with Crippen LogP contribution in [0.25, 0.3) is 11.0 Å². The Labute approximate surface area is 108 Å². The quantitative estimate of drug-likeness (QED) is 0.797. The summed E-state index contributed by atoms with van der Waals surface area (Å²) in [5.41, 5.74) is 1.44. The van der Waals surface area contributed by atoms with Gasteiger partial charge in [0.15, 0.2) is 5.65 Å². The molecule has 0 unspecified atom stereocenters. The van der Waals surface area contributed by atoms with E-state index < -0.39 is 5.97 Å². The Hall–Kier alpha value is -1.76. The van der Waals surface area contributed by atoms with E-state index in [1.54, 1.807) is 29.7 Å². The van der Waals surface area contributed by atoms with Crippen LogP contribution in [0.15, 0.2) is 12.4 Å². The van der Waals surface area contributed by atoms with Crippen molar-refractivity contribution in [3.63, 3.8) is 0 Å². The van der Waals surface area contributed by atoms with E-state index in [0.717, 1.165) is 11.1 Å². The molecule has 2 heterocycles. The number of hydrogen-bond donors (Lipinski definition) is 2. The highest BCUT2D eigenvalue weighted by Gasteiger charge is 2.16. The highest BCUT2D eigenvalue weighted by Crippen LogP contribution is 2.25. The third-order valence-corrected chi connectivity index (χ3v) is 3.21. The standard InChI is InChI=1S/C11H14N4O2S/c1-15-10-7(6-14-15)9(12-3-4-18-2)8(5-13-10)11(16)17/h5-6H,3-4H2,1-2H3,(H,12,13)(H,16,17). The van der Waals surface area contributed by atoms with E-state index in [0.29, 0.717) is 17.9 Å². The van der Waals surface area contributed by atoms with Gasteiger partial charge in [-0.05, 0) is 6.26 Å². The zero-order valence-electron chi connectivity index (χ0n) is 10.2. The monoisotopic (exact) mass is 266 g/mol. The summed E-state index contributed by atoms with van der Waals surface area (Å²) in [5.74, 6) is -0.0803. The lowest BCUT2D eigenvalue weighted by molar-refractivity contribution is 0.0697. The number of anilines is 1. The average Bonchev–Trinajstić information content (AvgIpc) is 2.72.